The van der Waals surface area contributed by atoms with Gasteiger partial charge < -0.3 is 5.32 Å². The number of amides is 1. The van der Waals surface area contributed by atoms with Crippen molar-refractivity contribution in [1.82, 2.24) is 15.2 Å². The van der Waals surface area contributed by atoms with Crippen LogP contribution in [-0.2, 0) is 11.2 Å². The summed E-state index contributed by atoms with van der Waals surface area (Å²) in [7, 11) is 0. The molecule has 0 unspecified atom stereocenters. The molecule has 0 aliphatic carbocycles. The molecule has 0 radical (unpaired) electrons. The largest absolute Gasteiger partial charge is 0.303 e. The molecule has 0 spiro atoms. The smallest absolute Gasteiger partial charge is 0.213 e. The SMILES string of the molecule is O=CNc1nnc(Cc2ccccn2)s1. The van der Waals surface area contributed by atoms with Gasteiger partial charge >= 0.3 is 0 Å². The third-order valence-corrected chi connectivity index (χ3v) is 2.56. The summed E-state index contributed by atoms with van der Waals surface area (Å²) in [6, 6.07) is 5.71. The number of nitrogens with one attached hydrogen (secondary N) is 1. The van der Waals surface area contributed by atoms with Crippen molar-refractivity contribution >= 4 is 22.9 Å². The number of pyridine rings is 1. The molecule has 6 heteroatoms. The lowest BCUT2D eigenvalue weighted by molar-refractivity contribution is -0.105. The highest BCUT2D eigenvalue weighted by atomic mass is 32.1. The maximum atomic E-state index is 10.2. The zero-order valence-corrected chi connectivity index (χ0v) is 8.57. The normalized spacial score (nSPS) is 9.87. The first-order chi connectivity index (χ1) is 7.38. The topological polar surface area (TPSA) is 67.8 Å². The summed E-state index contributed by atoms with van der Waals surface area (Å²) >= 11 is 1.35. The summed E-state index contributed by atoms with van der Waals surface area (Å²) in [5.41, 5.74) is 0.936. The van der Waals surface area contributed by atoms with Gasteiger partial charge in [0.25, 0.3) is 0 Å². The minimum absolute atomic E-state index is 0.510. The molecule has 0 saturated carbocycles. The molecule has 1 amide bonds. The number of aromatic nitrogens is 3. The summed E-state index contributed by atoms with van der Waals surface area (Å²) < 4.78 is 0. The fourth-order valence-electron chi connectivity index (χ4n) is 1.09. The van der Waals surface area contributed by atoms with Crippen LogP contribution < -0.4 is 5.32 Å². The summed E-state index contributed by atoms with van der Waals surface area (Å²) in [5, 5.41) is 11.5. The maximum absolute atomic E-state index is 10.2. The van der Waals surface area contributed by atoms with Gasteiger partial charge in [0.2, 0.25) is 11.5 Å². The molecule has 1 N–H and O–H groups in total. The molecule has 2 rings (SSSR count). The van der Waals surface area contributed by atoms with Crippen molar-refractivity contribution in [2.75, 3.05) is 5.32 Å². The Kier molecular flexibility index (Phi) is 2.99. The van der Waals surface area contributed by atoms with Gasteiger partial charge in [-0.25, -0.2) is 0 Å². The van der Waals surface area contributed by atoms with Gasteiger partial charge in [-0.3, -0.25) is 9.78 Å². The van der Waals surface area contributed by atoms with Crippen LogP contribution in [0.3, 0.4) is 0 Å². The predicted octanol–water partition coefficient (Wildman–Crippen LogP) is 1.09. The van der Waals surface area contributed by atoms with Crippen LogP contribution in [0.4, 0.5) is 5.13 Å². The first-order valence-electron chi connectivity index (χ1n) is 4.31. The highest BCUT2D eigenvalue weighted by molar-refractivity contribution is 7.15. The summed E-state index contributed by atoms with van der Waals surface area (Å²) in [6.45, 7) is 0. The van der Waals surface area contributed by atoms with Crippen molar-refractivity contribution in [2.24, 2.45) is 0 Å². The van der Waals surface area contributed by atoms with E-state index in [4.69, 9.17) is 0 Å². The summed E-state index contributed by atoms with van der Waals surface area (Å²) in [4.78, 5) is 14.3. The lowest BCUT2D eigenvalue weighted by Gasteiger charge is -1.93. The van der Waals surface area contributed by atoms with E-state index in [1.165, 1.54) is 11.3 Å². The van der Waals surface area contributed by atoms with Gasteiger partial charge in [0.1, 0.15) is 5.01 Å². The highest BCUT2D eigenvalue weighted by Gasteiger charge is 2.04. The van der Waals surface area contributed by atoms with Gasteiger partial charge in [0.15, 0.2) is 0 Å². The van der Waals surface area contributed by atoms with Crippen molar-refractivity contribution in [3.8, 4) is 0 Å². The molecule has 0 aliphatic heterocycles. The van der Waals surface area contributed by atoms with E-state index in [0.717, 1.165) is 10.7 Å². The van der Waals surface area contributed by atoms with Crippen LogP contribution in [-0.4, -0.2) is 21.6 Å². The molecule has 2 aromatic rings. The summed E-state index contributed by atoms with van der Waals surface area (Å²) in [5.74, 6) is 0. The molecule has 0 aromatic carbocycles. The first-order valence-corrected chi connectivity index (χ1v) is 5.12. The van der Waals surface area contributed by atoms with Gasteiger partial charge in [0.05, 0.1) is 0 Å². The molecule has 2 heterocycles. The van der Waals surface area contributed by atoms with Crippen molar-refractivity contribution in [2.45, 2.75) is 6.42 Å². The fraction of sp³-hybridized carbons (Fsp3) is 0.111. The number of carbonyl (C=O) groups is 1. The van der Waals surface area contributed by atoms with Gasteiger partial charge in [-0.1, -0.05) is 17.4 Å². The quantitative estimate of drug-likeness (QED) is 0.783. The van der Waals surface area contributed by atoms with Gasteiger partial charge in [-0.15, -0.1) is 10.2 Å². The molecule has 76 valence electrons. The molecule has 0 saturated heterocycles. The average molecular weight is 220 g/mol. The maximum Gasteiger partial charge on any atom is 0.213 e. The Bertz CT molecular complexity index is 442. The third kappa shape index (κ3) is 2.57. The minimum atomic E-state index is 0.510. The lowest BCUT2D eigenvalue weighted by atomic mass is 10.3. The molecule has 15 heavy (non-hydrogen) atoms. The Morgan fingerprint density at radius 1 is 1.40 bits per heavy atom. The molecular weight excluding hydrogens is 212 g/mol. The Labute approximate surface area is 90.2 Å². The van der Waals surface area contributed by atoms with E-state index in [1.54, 1.807) is 6.20 Å². The second-order valence-electron chi connectivity index (χ2n) is 2.76. The van der Waals surface area contributed by atoms with Crippen LogP contribution in [0.15, 0.2) is 24.4 Å². The third-order valence-electron chi connectivity index (χ3n) is 1.71. The molecule has 0 bridgehead atoms. The van der Waals surface area contributed by atoms with Crippen LogP contribution in [0.5, 0.6) is 0 Å². The van der Waals surface area contributed by atoms with E-state index >= 15 is 0 Å². The van der Waals surface area contributed by atoms with Crippen LogP contribution in [0, 0.1) is 0 Å². The van der Waals surface area contributed by atoms with Gasteiger partial charge in [-0.05, 0) is 12.1 Å². The fourth-order valence-corrected chi connectivity index (χ4v) is 1.80. The monoisotopic (exact) mass is 220 g/mol. The number of nitrogens with zero attached hydrogens (tertiary/aromatic N) is 3. The Morgan fingerprint density at radius 2 is 2.33 bits per heavy atom. The van der Waals surface area contributed by atoms with Crippen LogP contribution >= 0.6 is 11.3 Å². The second kappa shape index (κ2) is 4.61. The zero-order chi connectivity index (χ0) is 10.5. The van der Waals surface area contributed by atoms with E-state index in [9.17, 15) is 4.79 Å². The Balaban J connectivity index is 2.08. The second-order valence-corrected chi connectivity index (χ2v) is 3.82. The lowest BCUT2D eigenvalue weighted by Crippen LogP contribution is -1.91. The number of anilines is 1. The van der Waals surface area contributed by atoms with Crippen molar-refractivity contribution in [3.63, 3.8) is 0 Å². The Hall–Kier alpha value is -1.82. The number of carbonyl (C=O) groups excluding carboxylic acids is 1. The van der Waals surface area contributed by atoms with E-state index in [1.807, 2.05) is 18.2 Å². The predicted molar refractivity (Wildman–Crippen MR) is 56.6 cm³/mol. The van der Waals surface area contributed by atoms with E-state index < -0.39 is 0 Å². The minimum Gasteiger partial charge on any atom is -0.303 e. The molecule has 2 aromatic heterocycles. The highest BCUT2D eigenvalue weighted by Crippen LogP contribution is 2.16. The van der Waals surface area contributed by atoms with Crippen LogP contribution in [0.1, 0.15) is 10.7 Å². The molecular formula is C9H8N4OS. The molecule has 5 nitrogen and oxygen atoms in total. The van der Waals surface area contributed by atoms with E-state index in [0.29, 0.717) is 18.0 Å². The van der Waals surface area contributed by atoms with Crippen molar-refractivity contribution in [3.05, 3.63) is 35.1 Å². The molecule has 0 aliphatic rings. The van der Waals surface area contributed by atoms with Gasteiger partial charge in [-0.2, -0.15) is 0 Å². The zero-order valence-electron chi connectivity index (χ0n) is 7.75. The van der Waals surface area contributed by atoms with Gasteiger partial charge in [0, 0.05) is 18.3 Å². The average Bonchev–Trinajstić information content (AvgIpc) is 2.68. The van der Waals surface area contributed by atoms with Crippen molar-refractivity contribution in [1.29, 1.82) is 0 Å². The first kappa shape index (κ1) is 9.72. The molecule has 0 atom stereocenters. The standard InChI is InChI=1S/C9H8N4OS/c14-6-11-9-13-12-8(15-9)5-7-3-1-2-4-10-7/h1-4,6H,5H2,(H,11,13,14). The van der Waals surface area contributed by atoms with Crippen molar-refractivity contribution < 1.29 is 4.79 Å². The number of hydrogen-bond acceptors (Lipinski definition) is 5. The van der Waals surface area contributed by atoms with E-state index in [2.05, 4.69) is 20.5 Å². The Morgan fingerprint density at radius 3 is 3.07 bits per heavy atom. The number of rotatable bonds is 4. The summed E-state index contributed by atoms with van der Waals surface area (Å²) in [6.07, 6.45) is 2.96. The van der Waals surface area contributed by atoms with Crippen LogP contribution in [0.25, 0.3) is 0 Å². The molecule has 0 fully saturated rings. The number of hydrogen-bond donors (Lipinski definition) is 1. The van der Waals surface area contributed by atoms with E-state index in [-0.39, 0.29) is 0 Å². The van der Waals surface area contributed by atoms with Crippen LogP contribution in [0.2, 0.25) is 0 Å².